The molecule has 0 saturated heterocycles. The van der Waals surface area contributed by atoms with E-state index in [2.05, 4.69) is 27.9 Å². The summed E-state index contributed by atoms with van der Waals surface area (Å²) >= 11 is 2.29. The van der Waals surface area contributed by atoms with Crippen LogP contribution in [0.25, 0.3) is 0 Å². The van der Waals surface area contributed by atoms with Gasteiger partial charge < -0.3 is 15.8 Å². The summed E-state index contributed by atoms with van der Waals surface area (Å²) in [6.45, 7) is 5.60. The third-order valence-electron chi connectivity index (χ3n) is 4.48. The smallest absolute Gasteiger partial charge is 0.306 e. The maximum atomic E-state index is 12.2. The number of esters is 1. The second-order valence-corrected chi connectivity index (χ2v) is 7.89. The van der Waals surface area contributed by atoms with Crippen LogP contribution >= 0.6 is 22.6 Å². The lowest BCUT2D eigenvalue weighted by molar-refractivity contribution is -0.151. The Labute approximate surface area is 171 Å². The molecule has 0 bridgehead atoms. The van der Waals surface area contributed by atoms with Crippen molar-refractivity contribution < 1.29 is 19.1 Å². The van der Waals surface area contributed by atoms with Crippen molar-refractivity contribution in [2.24, 2.45) is 11.7 Å². The minimum Gasteiger partial charge on any atom is -0.461 e. The zero-order valence-electron chi connectivity index (χ0n) is 16.6. The molecule has 0 aliphatic carbocycles. The first-order valence-corrected chi connectivity index (χ1v) is 11.1. The summed E-state index contributed by atoms with van der Waals surface area (Å²) in [5.41, 5.74) is 5.91. The van der Waals surface area contributed by atoms with Gasteiger partial charge in [0.05, 0.1) is 6.04 Å². The standard InChI is InChI=1S/C19H35IN2O4/c1-5-8-13(2)19(25)15(21)10-11-17(24)26-14(3)18(22-4)16(23)9-6-7-12-20/h13-15,18,22H,5-12,21H2,1-4H3. The topological polar surface area (TPSA) is 98.5 Å². The second-order valence-electron chi connectivity index (χ2n) is 6.81. The number of alkyl halides is 1. The van der Waals surface area contributed by atoms with E-state index in [1.807, 2.05) is 13.8 Å². The average Bonchev–Trinajstić information content (AvgIpc) is 2.60. The number of rotatable bonds is 15. The van der Waals surface area contributed by atoms with Crippen molar-refractivity contribution in [2.45, 2.75) is 83.9 Å². The van der Waals surface area contributed by atoms with Gasteiger partial charge in [0.2, 0.25) is 0 Å². The van der Waals surface area contributed by atoms with Crippen molar-refractivity contribution in [3.63, 3.8) is 0 Å². The predicted octanol–water partition coefficient (Wildman–Crippen LogP) is 2.79. The highest BCUT2D eigenvalue weighted by Crippen LogP contribution is 2.12. The van der Waals surface area contributed by atoms with Gasteiger partial charge in [-0.2, -0.15) is 0 Å². The van der Waals surface area contributed by atoms with Gasteiger partial charge in [-0.1, -0.05) is 42.9 Å². The molecule has 0 heterocycles. The fourth-order valence-electron chi connectivity index (χ4n) is 2.90. The van der Waals surface area contributed by atoms with Crippen LogP contribution in [-0.4, -0.2) is 47.2 Å². The van der Waals surface area contributed by atoms with Crippen molar-refractivity contribution in [2.75, 3.05) is 11.5 Å². The van der Waals surface area contributed by atoms with Crippen molar-refractivity contribution in [3.8, 4) is 0 Å². The molecule has 0 spiro atoms. The van der Waals surface area contributed by atoms with Crippen LogP contribution < -0.4 is 11.1 Å². The van der Waals surface area contributed by atoms with Crippen LogP contribution in [0.3, 0.4) is 0 Å². The van der Waals surface area contributed by atoms with Gasteiger partial charge in [-0.15, -0.1) is 0 Å². The minimum absolute atomic E-state index is 0.00811. The van der Waals surface area contributed by atoms with Crippen LogP contribution in [-0.2, 0) is 19.1 Å². The Morgan fingerprint density at radius 2 is 1.77 bits per heavy atom. The molecular formula is C19H35IN2O4. The summed E-state index contributed by atoms with van der Waals surface area (Å²) in [4.78, 5) is 36.4. The number of likely N-dealkylation sites (N-methyl/N-ethyl adjacent to an activating group) is 1. The SMILES string of the molecule is CCCC(C)C(=O)C(N)CCC(=O)OC(C)C(NC)C(=O)CCCCI. The lowest BCUT2D eigenvalue weighted by Crippen LogP contribution is -2.45. The van der Waals surface area contributed by atoms with E-state index < -0.39 is 24.2 Å². The van der Waals surface area contributed by atoms with Gasteiger partial charge in [-0.25, -0.2) is 0 Å². The van der Waals surface area contributed by atoms with E-state index in [0.717, 1.165) is 30.1 Å². The molecule has 0 aliphatic rings. The molecule has 152 valence electrons. The van der Waals surface area contributed by atoms with Crippen LogP contribution in [0, 0.1) is 5.92 Å². The van der Waals surface area contributed by atoms with Crippen molar-refractivity contribution >= 4 is 40.1 Å². The fraction of sp³-hybridized carbons (Fsp3) is 0.842. The molecule has 3 N–H and O–H groups in total. The van der Waals surface area contributed by atoms with E-state index >= 15 is 0 Å². The summed E-state index contributed by atoms with van der Waals surface area (Å²) < 4.78 is 6.40. The summed E-state index contributed by atoms with van der Waals surface area (Å²) in [6, 6.07) is -1.15. The van der Waals surface area contributed by atoms with Gasteiger partial charge in [-0.3, -0.25) is 14.4 Å². The molecular weight excluding hydrogens is 447 g/mol. The monoisotopic (exact) mass is 482 g/mol. The van der Waals surface area contributed by atoms with E-state index in [0.29, 0.717) is 6.42 Å². The number of ketones is 2. The third kappa shape index (κ3) is 9.97. The normalized spacial score (nSPS) is 15.8. The molecule has 26 heavy (non-hydrogen) atoms. The molecule has 4 atom stereocenters. The highest BCUT2D eigenvalue weighted by atomic mass is 127. The Morgan fingerprint density at radius 1 is 1.12 bits per heavy atom. The number of ether oxygens (including phenoxy) is 1. The molecule has 6 nitrogen and oxygen atoms in total. The number of Topliss-reactive ketones (excluding diaryl/α,β-unsaturated/α-hetero) is 2. The number of unbranched alkanes of at least 4 members (excludes halogenated alkanes) is 1. The number of hydrogen-bond donors (Lipinski definition) is 2. The lowest BCUT2D eigenvalue weighted by atomic mass is 9.94. The summed E-state index contributed by atoms with van der Waals surface area (Å²) in [5, 5.41) is 2.94. The first-order chi connectivity index (χ1) is 12.3. The molecule has 0 amide bonds. The summed E-state index contributed by atoms with van der Waals surface area (Å²) in [7, 11) is 1.69. The van der Waals surface area contributed by atoms with Crippen molar-refractivity contribution in [3.05, 3.63) is 0 Å². The zero-order valence-corrected chi connectivity index (χ0v) is 18.7. The van der Waals surface area contributed by atoms with Crippen LogP contribution in [0.15, 0.2) is 0 Å². The van der Waals surface area contributed by atoms with E-state index in [-0.39, 0.29) is 30.3 Å². The molecule has 0 fully saturated rings. The Kier molecular flexibility index (Phi) is 14.2. The lowest BCUT2D eigenvalue weighted by Gasteiger charge is -2.23. The maximum Gasteiger partial charge on any atom is 0.306 e. The van der Waals surface area contributed by atoms with Gasteiger partial charge in [0, 0.05) is 18.8 Å². The van der Waals surface area contributed by atoms with Crippen LogP contribution in [0.1, 0.15) is 65.7 Å². The molecule has 0 aromatic rings. The Morgan fingerprint density at radius 3 is 2.31 bits per heavy atom. The Hall–Kier alpha value is -0.540. The molecule has 0 aromatic heterocycles. The number of carbonyl (C=O) groups is 3. The number of nitrogens with one attached hydrogen (secondary N) is 1. The summed E-state index contributed by atoms with van der Waals surface area (Å²) in [6.07, 6.45) is 3.85. The van der Waals surface area contributed by atoms with E-state index in [1.54, 1.807) is 14.0 Å². The number of hydrogen-bond acceptors (Lipinski definition) is 6. The van der Waals surface area contributed by atoms with E-state index in [1.165, 1.54) is 0 Å². The Bertz CT molecular complexity index is 445. The maximum absolute atomic E-state index is 12.2. The van der Waals surface area contributed by atoms with Crippen molar-refractivity contribution in [1.29, 1.82) is 0 Å². The molecule has 4 unspecified atom stereocenters. The second kappa shape index (κ2) is 14.5. The zero-order chi connectivity index (χ0) is 20.1. The molecule has 0 radical (unpaired) electrons. The van der Waals surface area contributed by atoms with Crippen LogP contribution in [0.2, 0.25) is 0 Å². The number of nitrogens with two attached hydrogens (primary N) is 1. The molecule has 0 aromatic carbocycles. The first-order valence-electron chi connectivity index (χ1n) is 9.53. The molecule has 0 saturated carbocycles. The summed E-state index contributed by atoms with van der Waals surface area (Å²) in [5.74, 6) is -0.466. The molecule has 0 rings (SSSR count). The average molecular weight is 482 g/mol. The van der Waals surface area contributed by atoms with Gasteiger partial charge in [0.25, 0.3) is 0 Å². The molecule has 7 heteroatoms. The third-order valence-corrected chi connectivity index (χ3v) is 5.25. The van der Waals surface area contributed by atoms with Crippen LogP contribution in [0.5, 0.6) is 0 Å². The van der Waals surface area contributed by atoms with Gasteiger partial charge in [-0.05, 0) is 44.1 Å². The van der Waals surface area contributed by atoms with Gasteiger partial charge in [0.15, 0.2) is 11.6 Å². The van der Waals surface area contributed by atoms with Crippen LogP contribution in [0.4, 0.5) is 0 Å². The van der Waals surface area contributed by atoms with Crippen molar-refractivity contribution in [1.82, 2.24) is 5.32 Å². The largest absolute Gasteiger partial charge is 0.461 e. The van der Waals surface area contributed by atoms with Gasteiger partial charge in [0.1, 0.15) is 12.1 Å². The van der Waals surface area contributed by atoms with E-state index in [9.17, 15) is 14.4 Å². The highest BCUT2D eigenvalue weighted by Gasteiger charge is 2.26. The number of carbonyl (C=O) groups excluding carboxylic acids is 3. The number of halogens is 1. The minimum atomic E-state index is -0.644. The Balaban J connectivity index is 4.38. The quantitative estimate of drug-likeness (QED) is 0.161. The molecule has 0 aliphatic heterocycles. The highest BCUT2D eigenvalue weighted by molar-refractivity contribution is 14.1. The predicted molar refractivity (Wildman–Crippen MR) is 112 cm³/mol. The fourth-order valence-corrected chi connectivity index (χ4v) is 3.44. The van der Waals surface area contributed by atoms with Gasteiger partial charge >= 0.3 is 5.97 Å². The first kappa shape index (κ1) is 25.5. The van der Waals surface area contributed by atoms with E-state index in [4.69, 9.17) is 10.5 Å².